The van der Waals surface area contributed by atoms with E-state index in [-0.39, 0.29) is 46.6 Å². The van der Waals surface area contributed by atoms with Crippen molar-refractivity contribution in [3.63, 3.8) is 0 Å². The van der Waals surface area contributed by atoms with Gasteiger partial charge in [0.25, 0.3) is 0 Å². The van der Waals surface area contributed by atoms with Crippen molar-refractivity contribution < 1.29 is 71.9 Å². The molecule has 0 saturated heterocycles. The van der Waals surface area contributed by atoms with Crippen molar-refractivity contribution in [2.45, 2.75) is 142 Å². The average molecular weight is 1060 g/mol. The highest BCUT2D eigenvalue weighted by atomic mass is 19.4. The molecule has 4 amide bonds. The van der Waals surface area contributed by atoms with Crippen LogP contribution in [0.4, 0.5) is 64.1 Å². The first-order valence-corrected chi connectivity index (χ1v) is 25.5. The van der Waals surface area contributed by atoms with Crippen LogP contribution in [0.3, 0.4) is 0 Å². The zero-order valence-corrected chi connectivity index (χ0v) is 41.2. The summed E-state index contributed by atoms with van der Waals surface area (Å²) in [6, 6.07) is 2.36. The van der Waals surface area contributed by atoms with E-state index in [2.05, 4.69) is 35.1 Å². The van der Waals surface area contributed by atoms with Crippen LogP contribution < -0.4 is 21.3 Å². The summed E-state index contributed by atoms with van der Waals surface area (Å²) < 4.78 is 161. The molecule has 2 aromatic carbocycles. The van der Waals surface area contributed by atoms with Gasteiger partial charge in [-0.25, -0.2) is 0 Å². The number of alkyl halides is 12. The molecule has 404 valence electrons. The molecule has 2 aliphatic heterocycles. The largest absolute Gasteiger partial charge is 0.418 e. The van der Waals surface area contributed by atoms with Gasteiger partial charge in [-0.3, -0.25) is 19.2 Å². The minimum atomic E-state index is -4.91. The van der Waals surface area contributed by atoms with Gasteiger partial charge in [-0.15, -0.1) is 0 Å². The van der Waals surface area contributed by atoms with Crippen molar-refractivity contribution in [2.24, 2.45) is 69.0 Å². The lowest BCUT2D eigenvalue weighted by molar-refractivity contribution is -0.141. The Bertz CT molecular complexity index is 2470. The number of hydrogen-bond acceptors (Lipinski definition) is 4. The monoisotopic (exact) mass is 1060 g/mol. The Morgan fingerprint density at radius 2 is 0.851 bits per heavy atom. The Morgan fingerprint density at radius 1 is 0.486 bits per heavy atom. The number of halogens is 12. The molecule has 10 rings (SSSR count). The summed E-state index contributed by atoms with van der Waals surface area (Å²) in [5, 5.41) is 10.7. The number of fused-ring (bicyclic) bond motifs is 10. The van der Waals surface area contributed by atoms with Gasteiger partial charge in [-0.1, -0.05) is 39.8 Å². The standard InChI is InChI=1S/2C27H30F6N2O2/c2*1-24-11-9-17-15(4-8-21-25(17,2)12-10-22(36)35-21)16(24)6-7-19(24)23(37)34-20-13-14(26(28,29)30)3-5-18(20)27(31,32)33/h2*3,5,10,12-13,15-17,19,21H,4,6-9,11H2,1-2H3,(H,34,37)(H,35,36)/t2*15-,16-,17-,19+,21+,24-,25+/m00/s1. The molecule has 4 N–H and O–H groups in total. The van der Waals surface area contributed by atoms with Gasteiger partial charge in [-0.2, -0.15) is 52.7 Å². The predicted octanol–water partition coefficient (Wildman–Crippen LogP) is 13.2. The van der Waals surface area contributed by atoms with Crippen LogP contribution in [0.5, 0.6) is 0 Å². The molecule has 8 nitrogen and oxygen atoms in total. The SMILES string of the molecule is C[C@]12C=CC(=O)N[C@@H]1CC[C@@H]1[C@@H]2CC[C@]2(C)[C@@H](C(=O)Nc3cc(C(F)(F)F)ccc3C(F)(F)F)CC[C@@H]12.C[C@]12C=CC(=O)N[C@@H]1CC[C@@H]1[C@@H]2CC[C@]2(C)[C@@H](C(=O)Nc3cc(C(F)(F)F)ccc3C(F)(F)F)CC[C@@H]12. The molecule has 0 bridgehead atoms. The van der Waals surface area contributed by atoms with Gasteiger partial charge in [-0.05, 0) is 172 Å². The summed E-state index contributed by atoms with van der Waals surface area (Å²) in [5.74, 6) is -1.11. The third-order valence-corrected chi connectivity index (χ3v) is 19.8. The van der Waals surface area contributed by atoms with E-state index in [1.807, 2.05) is 26.0 Å². The number of hydrogen-bond donors (Lipinski definition) is 4. The van der Waals surface area contributed by atoms with E-state index in [0.717, 1.165) is 51.4 Å². The molecule has 2 aromatic rings. The fourth-order valence-electron chi connectivity index (χ4n) is 16.1. The number of rotatable bonds is 4. The molecule has 6 fully saturated rings. The average Bonchev–Trinajstić information content (AvgIpc) is 3.85. The van der Waals surface area contributed by atoms with E-state index < -0.39 is 92.8 Å². The molecular weight excluding hydrogens is 997 g/mol. The number of amides is 4. The summed E-state index contributed by atoms with van der Waals surface area (Å²) in [7, 11) is 0. The molecule has 8 aliphatic rings. The van der Waals surface area contributed by atoms with Crippen LogP contribution in [0.1, 0.15) is 127 Å². The minimum Gasteiger partial charge on any atom is -0.349 e. The number of carbonyl (C=O) groups excluding carboxylic acids is 4. The summed E-state index contributed by atoms with van der Waals surface area (Å²) >= 11 is 0. The second-order valence-corrected chi connectivity index (χ2v) is 23.3. The third-order valence-electron chi connectivity index (χ3n) is 19.8. The Labute approximate surface area is 420 Å². The first kappa shape index (κ1) is 53.8. The molecule has 6 saturated carbocycles. The molecule has 14 atom stereocenters. The van der Waals surface area contributed by atoms with E-state index in [0.29, 0.717) is 85.8 Å². The first-order valence-electron chi connectivity index (χ1n) is 25.5. The second kappa shape index (κ2) is 18.3. The molecule has 0 aromatic heterocycles. The highest BCUT2D eigenvalue weighted by Crippen LogP contribution is 2.67. The van der Waals surface area contributed by atoms with Gasteiger partial charge >= 0.3 is 24.7 Å². The van der Waals surface area contributed by atoms with Crippen molar-refractivity contribution in [1.82, 2.24) is 10.6 Å². The third kappa shape index (κ3) is 9.30. The highest BCUT2D eigenvalue weighted by molar-refractivity contribution is 5.95. The summed E-state index contributed by atoms with van der Waals surface area (Å²) in [5.41, 5.74) is -8.12. The number of anilines is 2. The van der Waals surface area contributed by atoms with E-state index in [1.165, 1.54) is 0 Å². The fourth-order valence-corrected chi connectivity index (χ4v) is 16.1. The molecule has 6 aliphatic carbocycles. The molecule has 74 heavy (non-hydrogen) atoms. The van der Waals surface area contributed by atoms with Gasteiger partial charge in [0.2, 0.25) is 23.6 Å². The summed E-state index contributed by atoms with van der Waals surface area (Å²) in [4.78, 5) is 50.6. The van der Waals surface area contributed by atoms with Crippen LogP contribution in [0.15, 0.2) is 60.7 Å². The quantitative estimate of drug-likeness (QED) is 0.228. The van der Waals surface area contributed by atoms with Gasteiger partial charge in [0.15, 0.2) is 0 Å². The van der Waals surface area contributed by atoms with Crippen LogP contribution in [0.2, 0.25) is 0 Å². The van der Waals surface area contributed by atoms with Crippen LogP contribution in [-0.4, -0.2) is 35.7 Å². The Morgan fingerprint density at radius 3 is 1.19 bits per heavy atom. The van der Waals surface area contributed by atoms with Crippen LogP contribution >= 0.6 is 0 Å². The Kier molecular flexibility index (Phi) is 13.3. The maximum atomic E-state index is 13.6. The molecule has 2 heterocycles. The molecule has 0 radical (unpaired) electrons. The van der Waals surface area contributed by atoms with Crippen molar-refractivity contribution in [3.8, 4) is 0 Å². The van der Waals surface area contributed by atoms with Gasteiger partial charge in [0.05, 0.1) is 33.6 Å². The topological polar surface area (TPSA) is 116 Å². The van der Waals surface area contributed by atoms with Crippen LogP contribution in [0.25, 0.3) is 0 Å². The van der Waals surface area contributed by atoms with Crippen LogP contribution in [0, 0.1) is 69.0 Å². The lowest BCUT2D eigenvalue weighted by Crippen LogP contribution is -2.59. The lowest BCUT2D eigenvalue weighted by Gasteiger charge is -2.58. The maximum absolute atomic E-state index is 13.6. The van der Waals surface area contributed by atoms with Crippen molar-refractivity contribution in [1.29, 1.82) is 0 Å². The molecule has 0 unspecified atom stereocenters. The van der Waals surface area contributed by atoms with Gasteiger partial charge in [0.1, 0.15) is 0 Å². The smallest absolute Gasteiger partial charge is 0.349 e. The molecule has 0 spiro atoms. The summed E-state index contributed by atoms with van der Waals surface area (Å²) in [6.45, 7) is 8.35. The van der Waals surface area contributed by atoms with E-state index in [9.17, 15) is 71.9 Å². The van der Waals surface area contributed by atoms with Crippen molar-refractivity contribution in [2.75, 3.05) is 10.6 Å². The highest BCUT2D eigenvalue weighted by Gasteiger charge is 2.63. The Hall–Kier alpha value is -5.04. The lowest BCUT2D eigenvalue weighted by atomic mass is 9.48. The van der Waals surface area contributed by atoms with E-state index >= 15 is 0 Å². The predicted molar refractivity (Wildman–Crippen MR) is 248 cm³/mol. The summed E-state index contributed by atoms with van der Waals surface area (Å²) in [6.07, 6.45) is -3.46. The van der Waals surface area contributed by atoms with Gasteiger partial charge in [0, 0.05) is 34.7 Å². The zero-order chi connectivity index (χ0) is 53.9. The van der Waals surface area contributed by atoms with Crippen molar-refractivity contribution >= 4 is 35.0 Å². The molecular formula is C54H60F12N4O4. The normalized spacial score (nSPS) is 37.3. The van der Waals surface area contributed by atoms with Gasteiger partial charge < -0.3 is 21.3 Å². The van der Waals surface area contributed by atoms with Crippen molar-refractivity contribution in [3.05, 3.63) is 83.0 Å². The second-order valence-electron chi connectivity index (χ2n) is 23.3. The maximum Gasteiger partial charge on any atom is 0.418 e. The number of nitrogens with one attached hydrogen (secondary N) is 4. The number of carbonyl (C=O) groups is 4. The minimum absolute atomic E-state index is 0.0535. The van der Waals surface area contributed by atoms with E-state index in [4.69, 9.17) is 0 Å². The first-order chi connectivity index (χ1) is 34.3. The van der Waals surface area contributed by atoms with Crippen LogP contribution in [-0.2, 0) is 43.9 Å². The molecule has 20 heteroatoms. The number of benzene rings is 2. The fraction of sp³-hybridized carbons (Fsp3) is 0.630. The van der Waals surface area contributed by atoms with E-state index in [1.54, 1.807) is 12.2 Å². The Balaban J connectivity index is 0.000000182. The zero-order valence-electron chi connectivity index (χ0n) is 41.2.